The predicted molar refractivity (Wildman–Crippen MR) is 107 cm³/mol. The lowest BCUT2D eigenvalue weighted by Gasteiger charge is -2.33. The third-order valence-electron chi connectivity index (χ3n) is 5.52. The van der Waals surface area contributed by atoms with Crippen LogP contribution in [0.1, 0.15) is 29.0 Å². The van der Waals surface area contributed by atoms with E-state index in [1.807, 2.05) is 0 Å². The van der Waals surface area contributed by atoms with E-state index in [1.54, 1.807) is 38.1 Å². The van der Waals surface area contributed by atoms with Gasteiger partial charge in [-0.2, -0.15) is 17.5 Å². The van der Waals surface area contributed by atoms with Crippen LogP contribution < -0.4 is 4.31 Å². The first-order chi connectivity index (χ1) is 13.9. The number of benzene rings is 2. The second-order valence-corrected chi connectivity index (χ2v) is 9.33. The van der Waals surface area contributed by atoms with E-state index < -0.39 is 34.4 Å². The minimum Gasteiger partial charge on any atom is -0.329 e. The van der Waals surface area contributed by atoms with Crippen molar-refractivity contribution in [3.63, 3.8) is 0 Å². The maximum atomic E-state index is 13.9. The van der Waals surface area contributed by atoms with E-state index in [0.717, 1.165) is 5.56 Å². The van der Waals surface area contributed by atoms with Crippen molar-refractivity contribution in [3.05, 3.63) is 59.2 Å². The maximum Gasteiger partial charge on any atom is 0.396 e. The number of hydrogen-bond donors (Lipinski definition) is 0. The van der Waals surface area contributed by atoms with Crippen LogP contribution in [-0.2, 0) is 21.9 Å². The van der Waals surface area contributed by atoms with Gasteiger partial charge in [-0.25, -0.2) is 8.42 Å². The molecule has 0 saturated carbocycles. The summed E-state index contributed by atoms with van der Waals surface area (Å²) in [6.45, 7) is 3.51. The number of anilines is 1. The predicted octanol–water partition coefficient (Wildman–Crippen LogP) is 4.57. The summed E-state index contributed by atoms with van der Waals surface area (Å²) in [7, 11) is -2.91. The first kappa shape index (κ1) is 20.5. The number of fused-ring (bicyclic) bond motifs is 3. The van der Waals surface area contributed by atoms with Crippen LogP contribution in [0.4, 0.5) is 19.0 Å². The minimum atomic E-state index is -4.69. The molecule has 1 amide bonds. The summed E-state index contributed by atoms with van der Waals surface area (Å²) in [5, 5.41) is 0.298. The Labute approximate surface area is 171 Å². The quantitative estimate of drug-likeness (QED) is 0.592. The molecule has 0 aliphatic carbocycles. The van der Waals surface area contributed by atoms with Crippen LogP contribution >= 0.6 is 0 Å². The highest BCUT2D eigenvalue weighted by atomic mass is 32.2. The van der Waals surface area contributed by atoms with Gasteiger partial charge in [0.1, 0.15) is 5.82 Å². The molecule has 2 heterocycles. The first-order valence-corrected chi connectivity index (χ1v) is 10.7. The molecule has 1 aliphatic heterocycles. The Balaban J connectivity index is 2.07. The van der Waals surface area contributed by atoms with Gasteiger partial charge in [-0.1, -0.05) is 35.9 Å². The number of hydrogen-bond acceptors (Lipinski definition) is 3. The van der Waals surface area contributed by atoms with Gasteiger partial charge in [0.15, 0.2) is 0 Å². The molecule has 158 valence electrons. The van der Waals surface area contributed by atoms with Gasteiger partial charge >= 0.3 is 6.18 Å². The van der Waals surface area contributed by atoms with Crippen LogP contribution in [-0.4, -0.2) is 25.1 Å². The first-order valence-electron chi connectivity index (χ1n) is 9.24. The van der Waals surface area contributed by atoms with E-state index >= 15 is 0 Å². The van der Waals surface area contributed by atoms with Crippen LogP contribution in [0.2, 0.25) is 0 Å². The molecule has 0 spiro atoms. The van der Waals surface area contributed by atoms with E-state index in [4.69, 9.17) is 0 Å². The Hall–Kier alpha value is -2.81. The van der Waals surface area contributed by atoms with Crippen LogP contribution in [0.3, 0.4) is 0 Å². The molecular weight excluding hydrogens is 417 g/mol. The number of sulfonamides is 1. The van der Waals surface area contributed by atoms with E-state index in [0.29, 0.717) is 20.8 Å². The molecule has 0 unspecified atom stereocenters. The van der Waals surface area contributed by atoms with Crippen molar-refractivity contribution in [3.8, 4) is 0 Å². The normalized spacial score (nSPS) is 17.5. The standard InChI is InChI=1S/C21H19F3N2O3S/c1-12-7-9-14(10-8-12)30(28,29)26-17(27)11-16(21(22,23)24)18-15-6-4-5-13(2)19(15)25(3)20(18)26/h4-10,16H,11H2,1-3H3/t16-/m0/s1. The number of amides is 1. The molecule has 0 bridgehead atoms. The summed E-state index contributed by atoms with van der Waals surface area (Å²) in [5.74, 6) is -3.43. The fourth-order valence-electron chi connectivity index (χ4n) is 4.14. The van der Waals surface area contributed by atoms with Gasteiger partial charge < -0.3 is 4.57 Å². The number of aromatic nitrogens is 1. The van der Waals surface area contributed by atoms with E-state index in [1.165, 1.54) is 29.8 Å². The van der Waals surface area contributed by atoms with Crippen molar-refractivity contribution in [1.29, 1.82) is 0 Å². The van der Waals surface area contributed by atoms with Gasteiger partial charge in [0.25, 0.3) is 10.0 Å². The Morgan fingerprint density at radius 1 is 1.03 bits per heavy atom. The molecule has 4 rings (SSSR count). The molecule has 5 nitrogen and oxygen atoms in total. The van der Waals surface area contributed by atoms with Crippen molar-refractivity contribution in [2.24, 2.45) is 7.05 Å². The molecule has 2 aromatic carbocycles. The number of alkyl halides is 3. The summed E-state index contributed by atoms with van der Waals surface area (Å²) in [6, 6.07) is 10.7. The summed E-state index contributed by atoms with van der Waals surface area (Å²) in [6.07, 6.45) is -5.66. The van der Waals surface area contributed by atoms with Crippen molar-refractivity contribution in [2.45, 2.75) is 37.3 Å². The van der Waals surface area contributed by atoms with Gasteiger partial charge in [-0.05, 0) is 31.5 Å². The van der Waals surface area contributed by atoms with E-state index in [9.17, 15) is 26.4 Å². The van der Waals surface area contributed by atoms with Gasteiger partial charge in [0, 0.05) is 24.4 Å². The van der Waals surface area contributed by atoms with Crippen LogP contribution in [0.25, 0.3) is 10.9 Å². The molecular formula is C21H19F3N2O3S. The molecule has 0 N–H and O–H groups in total. The number of carbonyl (C=O) groups excluding carboxylic acids is 1. The minimum absolute atomic E-state index is 0.153. The zero-order valence-corrected chi connectivity index (χ0v) is 17.3. The molecule has 30 heavy (non-hydrogen) atoms. The number of nitrogens with zero attached hydrogens (tertiary/aromatic N) is 2. The number of carbonyl (C=O) groups is 1. The molecule has 1 atom stereocenters. The smallest absolute Gasteiger partial charge is 0.329 e. The summed E-state index contributed by atoms with van der Waals surface area (Å²) in [4.78, 5) is 12.7. The Bertz CT molecular complexity index is 1280. The summed E-state index contributed by atoms with van der Waals surface area (Å²) >= 11 is 0. The molecule has 1 aliphatic rings. The average molecular weight is 436 g/mol. The fraction of sp³-hybridized carbons (Fsp3) is 0.286. The van der Waals surface area contributed by atoms with Gasteiger partial charge in [-0.15, -0.1) is 0 Å². The number of para-hydroxylation sites is 1. The lowest BCUT2D eigenvalue weighted by Crippen LogP contribution is -2.44. The molecule has 0 fully saturated rings. The monoisotopic (exact) mass is 436 g/mol. The Kier molecular flexibility index (Phi) is 4.50. The Morgan fingerprint density at radius 3 is 2.27 bits per heavy atom. The third kappa shape index (κ3) is 2.91. The van der Waals surface area contributed by atoms with E-state index in [2.05, 4.69) is 0 Å². The second kappa shape index (κ2) is 6.60. The zero-order valence-electron chi connectivity index (χ0n) is 16.5. The zero-order chi connectivity index (χ0) is 22.0. The number of rotatable bonds is 2. The van der Waals surface area contributed by atoms with Gasteiger partial charge in [0.05, 0.1) is 16.3 Å². The SMILES string of the molecule is Cc1ccc(S(=O)(=O)N2C(=O)C[C@H](C(F)(F)F)c3c2n(C)c2c(C)cccc32)cc1. The third-order valence-corrected chi connectivity index (χ3v) is 7.25. The molecule has 1 aromatic heterocycles. The summed E-state index contributed by atoms with van der Waals surface area (Å²) < 4.78 is 70.3. The highest BCUT2D eigenvalue weighted by molar-refractivity contribution is 7.93. The number of halogens is 3. The highest BCUT2D eigenvalue weighted by Crippen LogP contribution is 2.51. The largest absolute Gasteiger partial charge is 0.396 e. The highest BCUT2D eigenvalue weighted by Gasteiger charge is 2.52. The van der Waals surface area contributed by atoms with Crippen LogP contribution in [0.5, 0.6) is 0 Å². The van der Waals surface area contributed by atoms with Gasteiger partial charge in [-0.3, -0.25) is 4.79 Å². The lowest BCUT2D eigenvalue weighted by molar-refractivity contribution is -0.157. The van der Waals surface area contributed by atoms with Gasteiger partial charge in [0.2, 0.25) is 5.91 Å². The molecule has 3 aromatic rings. The topological polar surface area (TPSA) is 59.4 Å². The second-order valence-electron chi connectivity index (χ2n) is 7.54. The van der Waals surface area contributed by atoms with Crippen LogP contribution in [0.15, 0.2) is 47.4 Å². The van der Waals surface area contributed by atoms with E-state index in [-0.39, 0.29) is 16.3 Å². The summed E-state index contributed by atoms with van der Waals surface area (Å²) in [5.41, 5.74) is 1.79. The average Bonchev–Trinajstić information content (AvgIpc) is 2.94. The van der Waals surface area contributed by atoms with Crippen molar-refractivity contribution in [2.75, 3.05) is 4.31 Å². The van der Waals surface area contributed by atoms with Crippen LogP contribution in [0, 0.1) is 13.8 Å². The fourth-order valence-corrected chi connectivity index (χ4v) is 5.62. The van der Waals surface area contributed by atoms with Crippen molar-refractivity contribution < 1.29 is 26.4 Å². The maximum absolute atomic E-state index is 13.9. The van der Waals surface area contributed by atoms with Crippen molar-refractivity contribution in [1.82, 2.24) is 4.57 Å². The number of aryl methyl sites for hydroxylation is 3. The molecule has 9 heteroatoms. The van der Waals surface area contributed by atoms with Crippen molar-refractivity contribution >= 4 is 32.7 Å². The molecule has 0 radical (unpaired) electrons. The molecule has 0 saturated heterocycles. The Morgan fingerprint density at radius 2 is 1.67 bits per heavy atom. The lowest BCUT2D eigenvalue weighted by atomic mass is 9.90.